The number of halogens is 1. The molecular formula is C7H6ClN3. The molecule has 0 bridgehead atoms. The van der Waals surface area contributed by atoms with E-state index < -0.39 is 0 Å². The lowest BCUT2D eigenvalue weighted by Gasteiger charge is -1.95. The number of nitrogen functional groups attached to an aromatic ring is 1. The number of nitrogens with zero attached hydrogens (tertiary/aromatic N) is 2. The van der Waals surface area contributed by atoms with Crippen molar-refractivity contribution in [2.24, 2.45) is 0 Å². The smallest absolute Gasteiger partial charge is 0.137 e. The van der Waals surface area contributed by atoms with Gasteiger partial charge in [0.2, 0.25) is 0 Å². The lowest BCUT2D eigenvalue weighted by Crippen LogP contribution is -1.89. The van der Waals surface area contributed by atoms with Crippen molar-refractivity contribution in [2.75, 3.05) is 5.73 Å². The first kappa shape index (κ1) is 6.49. The van der Waals surface area contributed by atoms with Crippen molar-refractivity contribution in [1.29, 1.82) is 0 Å². The molecule has 3 nitrogen and oxygen atoms in total. The van der Waals surface area contributed by atoms with Gasteiger partial charge in [0.15, 0.2) is 0 Å². The minimum Gasteiger partial charge on any atom is -0.398 e. The Morgan fingerprint density at radius 1 is 1.45 bits per heavy atom. The first-order chi connectivity index (χ1) is 5.27. The number of nitrogens with two attached hydrogens (primary N) is 1. The van der Waals surface area contributed by atoms with Gasteiger partial charge in [0.25, 0.3) is 0 Å². The Labute approximate surface area is 68.4 Å². The Bertz CT molecular complexity index is 393. The van der Waals surface area contributed by atoms with E-state index in [1.54, 1.807) is 22.9 Å². The Balaban J connectivity index is 2.87. The van der Waals surface area contributed by atoms with E-state index in [0.29, 0.717) is 10.8 Å². The molecule has 0 amide bonds. The number of rotatable bonds is 0. The zero-order valence-corrected chi connectivity index (χ0v) is 6.42. The normalized spacial score (nSPS) is 10.6. The Morgan fingerprint density at radius 3 is 3.09 bits per heavy atom. The van der Waals surface area contributed by atoms with Gasteiger partial charge in [-0.2, -0.15) is 0 Å². The molecule has 2 rings (SSSR count). The van der Waals surface area contributed by atoms with E-state index in [9.17, 15) is 0 Å². The second-order valence-electron chi connectivity index (χ2n) is 2.27. The summed E-state index contributed by atoms with van der Waals surface area (Å²) in [6.07, 6.45) is 3.33. The number of hydrogen-bond donors (Lipinski definition) is 1. The van der Waals surface area contributed by atoms with Crippen LogP contribution < -0.4 is 5.73 Å². The maximum absolute atomic E-state index is 5.79. The second-order valence-corrected chi connectivity index (χ2v) is 2.66. The van der Waals surface area contributed by atoms with E-state index >= 15 is 0 Å². The summed E-state index contributed by atoms with van der Waals surface area (Å²) in [6, 6.07) is 3.61. The first-order valence-electron chi connectivity index (χ1n) is 3.15. The fraction of sp³-hybridized carbons (Fsp3) is 0. The summed E-state index contributed by atoms with van der Waals surface area (Å²) in [4.78, 5) is 4.03. The van der Waals surface area contributed by atoms with Crippen molar-refractivity contribution >= 4 is 22.9 Å². The van der Waals surface area contributed by atoms with E-state index in [0.717, 1.165) is 5.65 Å². The quantitative estimate of drug-likeness (QED) is 0.647. The van der Waals surface area contributed by atoms with Crippen molar-refractivity contribution in [1.82, 2.24) is 9.38 Å². The topological polar surface area (TPSA) is 43.3 Å². The predicted molar refractivity (Wildman–Crippen MR) is 44.6 cm³/mol. The molecule has 0 aliphatic rings. The lowest BCUT2D eigenvalue weighted by atomic mass is 10.4. The number of aromatic nitrogens is 2. The zero-order valence-electron chi connectivity index (χ0n) is 5.66. The van der Waals surface area contributed by atoms with E-state index in [1.165, 1.54) is 0 Å². The predicted octanol–water partition coefficient (Wildman–Crippen LogP) is 1.57. The third-order valence-electron chi connectivity index (χ3n) is 1.48. The Hall–Kier alpha value is -1.22. The lowest BCUT2D eigenvalue weighted by molar-refractivity contribution is 1.19. The van der Waals surface area contributed by atoms with Gasteiger partial charge in [-0.1, -0.05) is 11.6 Å². The molecular weight excluding hydrogens is 162 g/mol. The molecule has 0 radical (unpaired) electrons. The fourth-order valence-corrected chi connectivity index (χ4v) is 1.15. The van der Waals surface area contributed by atoms with Gasteiger partial charge in [-0.15, -0.1) is 0 Å². The summed E-state index contributed by atoms with van der Waals surface area (Å²) in [7, 11) is 0. The van der Waals surface area contributed by atoms with Crippen LogP contribution in [0.2, 0.25) is 5.15 Å². The van der Waals surface area contributed by atoms with Crippen molar-refractivity contribution < 1.29 is 0 Å². The molecule has 2 aromatic heterocycles. The minimum atomic E-state index is 0.576. The van der Waals surface area contributed by atoms with E-state index in [-0.39, 0.29) is 0 Å². The van der Waals surface area contributed by atoms with Crippen molar-refractivity contribution in [3.8, 4) is 0 Å². The van der Waals surface area contributed by atoms with Crippen LogP contribution in [-0.2, 0) is 0 Å². The standard InChI is InChI=1S/C7H6ClN3/c8-6-3-10-7-2-1-5(9)4-11(6)7/h1-4H,9H2. The third-order valence-corrected chi connectivity index (χ3v) is 1.76. The van der Waals surface area contributed by atoms with Gasteiger partial charge in [0.1, 0.15) is 10.8 Å². The van der Waals surface area contributed by atoms with Crippen LogP contribution in [0.5, 0.6) is 0 Å². The molecule has 11 heavy (non-hydrogen) atoms. The summed E-state index contributed by atoms with van der Waals surface area (Å²) < 4.78 is 1.73. The monoisotopic (exact) mass is 167 g/mol. The van der Waals surface area contributed by atoms with Gasteiger partial charge < -0.3 is 5.73 Å². The summed E-state index contributed by atoms with van der Waals surface area (Å²) >= 11 is 5.79. The molecule has 0 saturated heterocycles. The van der Waals surface area contributed by atoms with Crippen molar-refractivity contribution in [2.45, 2.75) is 0 Å². The average Bonchev–Trinajstić information content (AvgIpc) is 2.33. The van der Waals surface area contributed by atoms with Crippen LogP contribution in [0, 0.1) is 0 Å². The molecule has 0 unspecified atom stereocenters. The molecule has 0 aromatic carbocycles. The summed E-state index contributed by atoms with van der Waals surface area (Å²) in [5.74, 6) is 0. The molecule has 0 atom stereocenters. The minimum absolute atomic E-state index is 0.576. The van der Waals surface area contributed by atoms with Crippen molar-refractivity contribution in [3.05, 3.63) is 29.7 Å². The van der Waals surface area contributed by atoms with Crippen LogP contribution in [0.1, 0.15) is 0 Å². The van der Waals surface area contributed by atoms with E-state index in [4.69, 9.17) is 17.3 Å². The molecule has 2 heterocycles. The molecule has 0 aliphatic carbocycles. The van der Waals surface area contributed by atoms with Crippen LogP contribution in [-0.4, -0.2) is 9.38 Å². The van der Waals surface area contributed by atoms with Crippen LogP contribution in [0.4, 0.5) is 5.69 Å². The SMILES string of the molecule is Nc1ccc2ncc(Cl)n2c1. The number of fused-ring (bicyclic) bond motifs is 1. The second kappa shape index (κ2) is 2.13. The molecule has 0 spiro atoms. The Kier molecular flexibility index (Phi) is 1.26. The number of hydrogen-bond acceptors (Lipinski definition) is 2. The molecule has 2 N–H and O–H groups in total. The highest BCUT2D eigenvalue weighted by Crippen LogP contribution is 2.13. The van der Waals surface area contributed by atoms with Crippen molar-refractivity contribution in [3.63, 3.8) is 0 Å². The van der Waals surface area contributed by atoms with Gasteiger partial charge in [-0.05, 0) is 12.1 Å². The van der Waals surface area contributed by atoms with E-state index in [2.05, 4.69) is 4.98 Å². The number of anilines is 1. The highest BCUT2D eigenvalue weighted by Gasteiger charge is 1.98. The van der Waals surface area contributed by atoms with Gasteiger partial charge in [-0.3, -0.25) is 4.40 Å². The molecule has 2 aromatic rings. The summed E-state index contributed by atoms with van der Waals surface area (Å²) in [6.45, 7) is 0. The van der Waals surface area contributed by atoms with Crippen LogP contribution in [0.25, 0.3) is 5.65 Å². The highest BCUT2D eigenvalue weighted by molar-refractivity contribution is 6.29. The Morgan fingerprint density at radius 2 is 2.27 bits per heavy atom. The molecule has 56 valence electrons. The maximum atomic E-state index is 5.79. The molecule has 0 fully saturated rings. The van der Waals surface area contributed by atoms with Crippen LogP contribution in [0.15, 0.2) is 24.5 Å². The van der Waals surface area contributed by atoms with Crippen LogP contribution in [0.3, 0.4) is 0 Å². The summed E-state index contributed by atoms with van der Waals surface area (Å²) in [5, 5.41) is 0.576. The third kappa shape index (κ3) is 0.935. The van der Waals surface area contributed by atoms with E-state index in [1.807, 2.05) is 6.07 Å². The molecule has 4 heteroatoms. The highest BCUT2D eigenvalue weighted by atomic mass is 35.5. The van der Waals surface area contributed by atoms with Gasteiger partial charge in [-0.25, -0.2) is 4.98 Å². The molecule has 0 aliphatic heterocycles. The largest absolute Gasteiger partial charge is 0.398 e. The number of imidazole rings is 1. The zero-order chi connectivity index (χ0) is 7.84. The van der Waals surface area contributed by atoms with Gasteiger partial charge in [0, 0.05) is 11.9 Å². The fourth-order valence-electron chi connectivity index (χ4n) is 0.967. The maximum Gasteiger partial charge on any atom is 0.137 e. The first-order valence-corrected chi connectivity index (χ1v) is 3.53. The van der Waals surface area contributed by atoms with Crippen LogP contribution >= 0.6 is 11.6 Å². The molecule has 0 saturated carbocycles. The summed E-state index contributed by atoms with van der Waals surface area (Å²) in [5.41, 5.74) is 7.03. The average molecular weight is 168 g/mol. The number of pyridine rings is 1. The van der Waals surface area contributed by atoms with Gasteiger partial charge >= 0.3 is 0 Å². The van der Waals surface area contributed by atoms with Gasteiger partial charge in [0.05, 0.1) is 6.20 Å².